The summed E-state index contributed by atoms with van der Waals surface area (Å²) in [6, 6.07) is 2.20. The van der Waals surface area contributed by atoms with Crippen molar-refractivity contribution < 1.29 is 9.53 Å². The van der Waals surface area contributed by atoms with Gasteiger partial charge in [-0.1, -0.05) is 19.3 Å². The molecule has 0 radical (unpaired) electrons. The molecule has 0 aromatic carbocycles. The Morgan fingerprint density at radius 1 is 1.15 bits per heavy atom. The molecular formula is C16H20N2O2. The van der Waals surface area contributed by atoms with Crippen molar-refractivity contribution in [2.45, 2.75) is 51.4 Å². The molecule has 3 rings (SSSR count). The van der Waals surface area contributed by atoms with E-state index in [0.29, 0.717) is 17.9 Å². The van der Waals surface area contributed by atoms with Crippen molar-refractivity contribution in [2.24, 2.45) is 17.6 Å². The van der Waals surface area contributed by atoms with E-state index in [-0.39, 0.29) is 17.6 Å². The summed E-state index contributed by atoms with van der Waals surface area (Å²) in [7, 11) is 0. The van der Waals surface area contributed by atoms with E-state index in [0.717, 1.165) is 37.0 Å². The first-order chi connectivity index (χ1) is 9.72. The lowest BCUT2D eigenvalue weighted by Gasteiger charge is -2.36. The lowest BCUT2D eigenvalue weighted by molar-refractivity contribution is -0.117. The molecule has 0 unspecified atom stereocenters. The Balaban J connectivity index is 2.03. The van der Waals surface area contributed by atoms with Crippen molar-refractivity contribution in [1.29, 1.82) is 5.26 Å². The molecule has 0 aromatic rings. The average molecular weight is 272 g/mol. The highest BCUT2D eigenvalue weighted by Crippen LogP contribution is 2.45. The highest BCUT2D eigenvalue weighted by molar-refractivity contribution is 5.98. The van der Waals surface area contributed by atoms with Gasteiger partial charge in [0.15, 0.2) is 5.78 Å². The van der Waals surface area contributed by atoms with Crippen LogP contribution in [-0.4, -0.2) is 5.78 Å². The van der Waals surface area contributed by atoms with Crippen LogP contribution >= 0.6 is 0 Å². The van der Waals surface area contributed by atoms with Crippen LogP contribution in [-0.2, 0) is 9.53 Å². The van der Waals surface area contributed by atoms with Gasteiger partial charge in [0.25, 0.3) is 0 Å². The Morgan fingerprint density at radius 2 is 1.90 bits per heavy atom. The molecular weight excluding hydrogens is 252 g/mol. The Labute approximate surface area is 119 Å². The summed E-state index contributed by atoms with van der Waals surface area (Å²) in [6.07, 6.45) is 7.92. The Bertz CT molecular complexity index is 533. The fourth-order valence-electron chi connectivity index (χ4n) is 3.84. The molecule has 20 heavy (non-hydrogen) atoms. The van der Waals surface area contributed by atoms with Crippen LogP contribution in [0.25, 0.3) is 0 Å². The van der Waals surface area contributed by atoms with Crippen LogP contribution in [0.5, 0.6) is 0 Å². The normalized spacial score (nSPS) is 27.9. The van der Waals surface area contributed by atoms with E-state index in [1.165, 1.54) is 19.3 Å². The quantitative estimate of drug-likeness (QED) is 0.796. The van der Waals surface area contributed by atoms with Gasteiger partial charge in [-0.3, -0.25) is 4.79 Å². The highest BCUT2D eigenvalue weighted by Gasteiger charge is 2.41. The number of carbonyl (C=O) groups is 1. The topological polar surface area (TPSA) is 76.1 Å². The van der Waals surface area contributed by atoms with Crippen molar-refractivity contribution in [3.8, 4) is 6.07 Å². The zero-order chi connectivity index (χ0) is 14.1. The Kier molecular flexibility index (Phi) is 3.52. The van der Waals surface area contributed by atoms with Gasteiger partial charge in [0.05, 0.1) is 5.57 Å². The molecule has 0 bridgehead atoms. The van der Waals surface area contributed by atoms with Gasteiger partial charge in [0.2, 0.25) is 5.88 Å². The second kappa shape index (κ2) is 5.32. The van der Waals surface area contributed by atoms with Gasteiger partial charge in [0.1, 0.15) is 11.8 Å². The number of nitrogens with two attached hydrogens (primary N) is 1. The molecule has 2 N–H and O–H groups in total. The van der Waals surface area contributed by atoms with Crippen molar-refractivity contribution in [3.05, 3.63) is 22.8 Å². The van der Waals surface area contributed by atoms with Gasteiger partial charge in [-0.15, -0.1) is 0 Å². The van der Waals surface area contributed by atoms with Crippen LogP contribution in [0.2, 0.25) is 0 Å². The molecule has 0 aromatic heterocycles. The molecule has 2 aliphatic carbocycles. The fourth-order valence-corrected chi connectivity index (χ4v) is 3.84. The molecule has 4 nitrogen and oxygen atoms in total. The molecule has 3 aliphatic rings. The SMILES string of the molecule is N#CC1=C(N)OC2=C(C(=O)CCC2)[C@H]1C1CCCCC1. The summed E-state index contributed by atoms with van der Waals surface area (Å²) in [6.45, 7) is 0. The minimum atomic E-state index is -0.114. The summed E-state index contributed by atoms with van der Waals surface area (Å²) >= 11 is 0. The van der Waals surface area contributed by atoms with Gasteiger partial charge >= 0.3 is 0 Å². The van der Waals surface area contributed by atoms with Crippen LogP contribution in [0.1, 0.15) is 51.4 Å². The minimum Gasteiger partial charge on any atom is -0.444 e. The predicted molar refractivity (Wildman–Crippen MR) is 73.9 cm³/mol. The maximum absolute atomic E-state index is 12.3. The summed E-state index contributed by atoms with van der Waals surface area (Å²) in [5, 5.41) is 9.44. The van der Waals surface area contributed by atoms with Gasteiger partial charge in [-0.25, -0.2) is 0 Å². The number of ketones is 1. The number of nitriles is 1. The van der Waals surface area contributed by atoms with Crippen molar-refractivity contribution in [1.82, 2.24) is 0 Å². The monoisotopic (exact) mass is 272 g/mol. The number of nitrogens with zero attached hydrogens (tertiary/aromatic N) is 1. The van der Waals surface area contributed by atoms with Crippen LogP contribution in [0.15, 0.2) is 22.8 Å². The number of rotatable bonds is 1. The van der Waals surface area contributed by atoms with Crippen molar-refractivity contribution in [3.63, 3.8) is 0 Å². The Morgan fingerprint density at radius 3 is 2.60 bits per heavy atom. The molecule has 4 heteroatoms. The number of hydrogen-bond acceptors (Lipinski definition) is 4. The lowest BCUT2D eigenvalue weighted by atomic mass is 9.70. The number of hydrogen-bond donors (Lipinski definition) is 1. The maximum Gasteiger partial charge on any atom is 0.204 e. The van der Waals surface area contributed by atoms with E-state index in [1.54, 1.807) is 0 Å². The van der Waals surface area contributed by atoms with Crippen molar-refractivity contribution >= 4 is 5.78 Å². The molecule has 1 atom stereocenters. The molecule has 0 spiro atoms. The van der Waals surface area contributed by atoms with Gasteiger partial charge in [0, 0.05) is 24.3 Å². The van der Waals surface area contributed by atoms with E-state index < -0.39 is 0 Å². The summed E-state index contributed by atoms with van der Waals surface area (Å²) in [5.41, 5.74) is 7.16. The zero-order valence-corrected chi connectivity index (χ0v) is 11.7. The van der Waals surface area contributed by atoms with E-state index in [4.69, 9.17) is 10.5 Å². The van der Waals surface area contributed by atoms with Crippen molar-refractivity contribution in [2.75, 3.05) is 0 Å². The maximum atomic E-state index is 12.3. The second-order valence-corrected chi connectivity index (χ2v) is 5.98. The van der Waals surface area contributed by atoms with E-state index in [9.17, 15) is 10.1 Å². The fraction of sp³-hybridized carbons (Fsp3) is 0.625. The van der Waals surface area contributed by atoms with Crippen LogP contribution in [0.3, 0.4) is 0 Å². The molecule has 1 aliphatic heterocycles. The zero-order valence-electron chi connectivity index (χ0n) is 11.7. The first-order valence-electron chi connectivity index (χ1n) is 7.56. The van der Waals surface area contributed by atoms with E-state index in [2.05, 4.69) is 6.07 Å². The van der Waals surface area contributed by atoms with Crippen LogP contribution < -0.4 is 5.73 Å². The highest BCUT2D eigenvalue weighted by atomic mass is 16.5. The minimum absolute atomic E-state index is 0.114. The lowest BCUT2D eigenvalue weighted by Crippen LogP contribution is -2.33. The summed E-state index contributed by atoms with van der Waals surface area (Å²) in [4.78, 5) is 12.3. The van der Waals surface area contributed by atoms with Gasteiger partial charge in [-0.05, 0) is 25.2 Å². The van der Waals surface area contributed by atoms with Gasteiger partial charge < -0.3 is 10.5 Å². The first-order valence-corrected chi connectivity index (χ1v) is 7.56. The van der Waals surface area contributed by atoms with E-state index in [1.807, 2.05) is 0 Å². The number of allylic oxidation sites excluding steroid dienone is 3. The standard InChI is InChI=1S/C16H20N2O2/c17-9-11-14(10-5-2-1-3-6-10)15-12(19)7-4-8-13(15)20-16(11)18/h10,14H,1-8,18H2/t14-/m0/s1. The predicted octanol–water partition coefficient (Wildman–Crippen LogP) is 2.91. The molecule has 0 saturated heterocycles. The number of ether oxygens (including phenoxy) is 1. The largest absolute Gasteiger partial charge is 0.444 e. The smallest absolute Gasteiger partial charge is 0.204 e. The molecule has 1 heterocycles. The van der Waals surface area contributed by atoms with Crippen LogP contribution in [0.4, 0.5) is 0 Å². The second-order valence-electron chi connectivity index (χ2n) is 5.98. The summed E-state index contributed by atoms with van der Waals surface area (Å²) in [5.74, 6) is 1.36. The van der Waals surface area contributed by atoms with E-state index >= 15 is 0 Å². The molecule has 106 valence electrons. The third-order valence-electron chi connectivity index (χ3n) is 4.77. The Hall–Kier alpha value is -1.76. The number of Topliss-reactive ketones (excluding diaryl/α,β-unsaturated/α-hetero) is 1. The molecule has 1 saturated carbocycles. The van der Waals surface area contributed by atoms with Gasteiger partial charge in [-0.2, -0.15) is 5.26 Å². The average Bonchev–Trinajstić information content (AvgIpc) is 2.47. The third-order valence-corrected chi connectivity index (χ3v) is 4.77. The van der Waals surface area contributed by atoms with Crippen LogP contribution in [0, 0.1) is 23.2 Å². The molecule has 1 fully saturated rings. The number of carbonyl (C=O) groups excluding carboxylic acids is 1. The third kappa shape index (κ3) is 2.11. The molecule has 0 amide bonds. The first kappa shape index (κ1) is 13.2. The summed E-state index contributed by atoms with van der Waals surface area (Å²) < 4.78 is 5.58.